The molecule has 0 radical (unpaired) electrons. The van der Waals surface area contributed by atoms with E-state index in [1.807, 2.05) is 0 Å². The van der Waals surface area contributed by atoms with Gasteiger partial charge in [0.15, 0.2) is 0 Å². The van der Waals surface area contributed by atoms with E-state index in [9.17, 15) is 10.1 Å². The largest absolute Gasteiger partial charge is 0.363 e. The molecule has 0 aliphatic rings. The van der Waals surface area contributed by atoms with Gasteiger partial charge in [-0.15, -0.1) is 0 Å². The molecule has 0 aliphatic carbocycles. The van der Waals surface area contributed by atoms with E-state index in [4.69, 9.17) is 0 Å². The van der Waals surface area contributed by atoms with Gasteiger partial charge < -0.3 is 10.2 Å². The van der Waals surface area contributed by atoms with Crippen molar-refractivity contribution in [1.82, 2.24) is 9.88 Å². The lowest BCUT2D eigenvalue weighted by Crippen LogP contribution is -2.29. The van der Waals surface area contributed by atoms with Crippen molar-refractivity contribution in [3.8, 4) is 0 Å². The number of hydrogen-bond acceptors (Lipinski definition) is 5. The summed E-state index contributed by atoms with van der Waals surface area (Å²) in [6.45, 7) is 7.75. The Morgan fingerprint density at radius 2 is 2.21 bits per heavy atom. The maximum Gasteiger partial charge on any atom is 0.312 e. The lowest BCUT2D eigenvalue weighted by atomic mass is 10.3. The fraction of sp³-hybridized carbons (Fsp3) is 0.583. The summed E-state index contributed by atoms with van der Waals surface area (Å²) in [4.78, 5) is 16.8. The van der Waals surface area contributed by atoms with Crippen LogP contribution in [0, 0.1) is 10.1 Å². The van der Waals surface area contributed by atoms with Crippen molar-refractivity contribution >= 4 is 27.4 Å². The van der Waals surface area contributed by atoms with Gasteiger partial charge in [0.1, 0.15) is 0 Å². The van der Waals surface area contributed by atoms with E-state index in [-0.39, 0.29) is 5.69 Å². The summed E-state index contributed by atoms with van der Waals surface area (Å²) >= 11 is 3.18. The van der Waals surface area contributed by atoms with Crippen LogP contribution in [-0.4, -0.2) is 41.0 Å². The Morgan fingerprint density at radius 3 is 2.79 bits per heavy atom. The molecule has 1 aromatic rings. The molecule has 0 unspecified atom stereocenters. The zero-order valence-electron chi connectivity index (χ0n) is 11.2. The smallest absolute Gasteiger partial charge is 0.312 e. The van der Waals surface area contributed by atoms with Crippen LogP contribution in [0.4, 0.5) is 11.5 Å². The van der Waals surface area contributed by atoms with Crippen molar-refractivity contribution in [2.24, 2.45) is 0 Å². The molecule has 0 bridgehead atoms. The van der Waals surface area contributed by atoms with Crippen LogP contribution in [0.25, 0.3) is 0 Å². The van der Waals surface area contributed by atoms with E-state index in [1.165, 1.54) is 6.07 Å². The number of nitrogens with one attached hydrogen (secondary N) is 1. The Morgan fingerprint density at radius 1 is 1.47 bits per heavy atom. The van der Waals surface area contributed by atoms with Crippen molar-refractivity contribution in [2.75, 3.05) is 31.5 Å². The molecule has 0 saturated heterocycles. The van der Waals surface area contributed by atoms with Crippen LogP contribution >= 0.6 is 15.9 Å². The standard InChI is InChI=1S/C12H19BrN4O2/c1-3-6-16(4-2)7-5-14-12-11(17(18)19)8-10(13)9-15-12/h8-9H,3-7H2,1-2H3,(H,14,15). The Hall–Kier alpha value is -1.21. The zero-order chi connectivity index (χ0) is 14.3. The molecule has 0 fully saturated rings. The maximum absolute atomic E-state index is 10.9. The van der Waals surface area contributed by atoms with Gasteiger partial charge in [0, 0.05) is 29.8 Å². The Kier molecular flexibility index (Phi) is 6.72. The lowest BCUT2D eigenvalue weighted by molar-refractivity contribution is -0.384. The van der Waals surface area contributed by atoms with Crippen LogP contribution in [0.5, 0.6) is 0 Å². The van der Waals surface area contributed by atoms with Crippen molar-refractivity contribution in [3.05, 3.63) is 26.9 Å². The SMILES string of the molecule is CCCN(CC)CCNc1ncc(Br)cc1[N+](=O)[O-]. The fourth-order valence-corrected chi connectivity index (χ4v) is 2.10. The Labute approximate surface area is 121 Å². The molecule has 0 saturated carbocycles. The number of halogens is 1. The second-order valence-electron chi connectivity index (χ2n) is 4.14. The molecule has 1 N–H and O–H groups in total. The summed E-state index contributed by atoms with van der Waals surface area (Å²) in [5.41, 5.74) is -0.00656. The molecule has 6 nitrogen and oxygen atoms in total. The van der Waals surface area contributed by atoms with Crippen molar-refractivity contribution in [3.63, 3.8) is 0 Å². The maximum atomic E-state index is 10.9. The highest BCUT2D eigenvalue weighted by Gasteiger charge is 2.15. The minimum atomic E-state index is -0.427. The van der Waals surface area contributed by atoms with E-state index in [2.05, 4.69) is 45.0 Å². The van der Waals surface area contributed by atoms with Crippen LogP contribution in [0.3, 0.4) is 0 Å². The predicted molar refractivity (Wildman–Crippen MR) is 79.5 cm³/mol. The molecule has 0 spiro atoms. The third kappa shape index (κ3) is 5.12. The number of rotatable bonds is 8. The molecule has 1 rings (SSSR count). The normalized spacial score (nSPS) is 10.7. The molecular weight excluding hydrogens is 312 g/mol. The molecule has 0 aromatic carbocycles. The highest BCUT2D eigenvalue weighted by Crippen LogP contribution is 2.24. The number of nitrogens with zero attached hydrogens (tertiary/aromatic N) is 3. The molecule has 0 aliphatic heterocycles. The van der Waals surface area contributed by atoms with Crippen LogP contribution in [0.15, 0.2) is 16.7 Å². The zero-order valence-corrected chi connectivity index (χ0v) is 12.8. The van der Waals surface area contributed by atoms with Gasteiger partial charge in [-0.25, -0.2) is 4.98 Å². The summed E-state index contributed by atoms with van der Waals surface area (Å²) in [5.74, 6) is 0.320. The van der Waals surface area contributed by atoms with Gasteiger partial charge in [-0.3, -0.25) is 10.1 Å². The van der Waals surface area contributed by atoms with Crippen molar-refractivity contribution in [2.45, 2.75) is 20.3 Å². The van der Waals surface area contributed by atoms with E-state index in [0.717, 1.165) is 26.1 Å². The molecule has 7 heteroatoms. The van der Waals surface area contributed by atoms with Gasteiger partial charge in [-0.1, -0.05) is 13.8 Å². The summed E-state index contributed by atoms with van der Waals surface area (Å²) in [6, 6.07) is 1.46. The second kappa shape index (κ2) is 8.06. The second-order valence-corrected chi connectivity index (χ2v) is 5.06. The fourth-order valence-electron chi connectivity index (χ4n) is 1.78. The summed E-state index contributed by atoms with van der Waals surface area (Å²) in [5, 5.41) is 14.0. The molecular formula is C12H19BrN4O2. The van der Waals surface area contributed by atoms with E-state index in [1.54, 1.807) is 6.20 Å². The van der Waals surface area contributed by atoms with E-state index in [0.29, 0.717) is 16.8 Å². The number of pyridine rings is 1. The van der Waals surface area contributed by atoms with Crippen molar-refractivity contribution < 1.29 is 4.92 Å². The molecule has 0 atom stereocenters. The van der Waals surface area contributed by atoms with Crippen LogP contribution in [0.2, 0.25) is 0 Å². The number of hydrogen-bond donors (Lipinski definition) is 1. The molecule has 0 amide bonds. The quantitative estimate of drug-likeness (QED) is 0.586. The molecule has 19 heavy (non-hydrogen) atoms. The summed E-state index contributed by atoms with van der Waals surface area (Å²) < 4.78 is 0.603. The minimum Gasteiger partial charge on any atom is -0.363 e. The third-order valence-corrected chi connectivity index (χ3v) is 3.17. The van der Waals surface area contributed by atoms with Gasteiger partial charge in [0.05, 0.1) is 4.92 Å². The average molecular weight is 331 g/mol. The van der Waals surface area contributed by atoms with Crippen LogP contribution in [0.1, 0.15) is 20.3 Å². The topological polar surface area (TPSA) is 71.3 Å². The summed E-state index contributed by atoms with van der Waals surface area (Å²) in [7, 11) is 0. The number of aromatic nitrogens is 1. The first kappa shape index (κ1) is 15.8. The highest BCUT2D eigenvalue weighted by atomic mass is 79.9. The van der Waals surface area contributed by atoms with Crippen molar-refractivity contribution in [1.29, 1.82) is 0 Å². The number of nitro groups is 1. The van der Waals surface area contributed by atoms with Crippen LogP contribution < -0.4 is 5.32 Å². The van der Waals surface area contributed by atoms with Gasteiger partial charge in [-0.2, -0.15) is 0 Å². The third-order valence-electron chi connectivity index (χ3n) is 2.74. The summed E-state index contributed by atoms with van der Waals surface area (Å²) in [6.07, 6.45) is 2.66. The molecule has 1 aromatic heterocycles. The van der Waals surface area contributed by atoms with E-state index < -0.39 is 4.92 Å². The van der Waals surface area contributed by atoms with Crippen LogP contribution in [-0.2, 0) is 0 Å². The minimum absolute atomic E-state index is 0.00656. The Balaban J connectivity index is 2.60. The number of likely N-dealkylation sites (N-methyl/N-ethyl adjacent to an activating group) is 1. The first-order chi connectivity index (χ1) is 9.08. The van der Waals surface area contributed by atoms with Gasteiger partial charge in [0.25, 0.3) is 0 Å². The highest BCUT2D eigenvalue weighted by molar-refractivity contribution is 9.10. The molecule has 106 valence electrons. The number of anilines is 1. The average Bonchev–Trinajstić information content (AvgIpc) is 2.39. The Bertz CT molecular complexity index is 428. The first-order valence-corrected chi connectivity index (χ1v) is 7.14. The first-order valence-electron chi connectivity index (χ1n) is 6.34. The monoisotopic (exact) mass is 330 g/mol. The molecule has 1 heterocycles. The lowest BCUT2D eigenvalue weighted by Gasteiger charge is -2.19. The van der Waals surface area contributed by atoms with Gasteiger partial charge >= 0.3 is 5.69 Å². The van der Waals surface area contributed by atoms with Gasteiger partial charge in [0.2, 0.25) is 5.82 Å². The van der Waals surface area contributed by atoms with Gasteiger partial charge in [-0.05, 0) is 35.4 Å². The van der Waals surface area contributed by atoms with E-state index >= 15 is 0 Å². The predicted octanol–water partition coefficient (Wildman–Crippen LogP) is 2.90.